The molecule has 1 fully saturated rings. The standard InChI is InChI=1S/C29H21ClF2N4O2/c30-22-9-6-19(7-10-22)20-8-11-25-24(14-20)23(12-13-34-25)27(38)35-15-26(37)36-18-29(31,32)16-28(36,17-33)21-4-2-1-3-5-21/h1-14H,15-16,18H2,(H,35,38). The first-order valence-electron chi connectivity index (χ1n) is 11.8. The van der Waals surface area contributed by atoms with E-state index in [4.69, 9.17) is 11.6 Å². The Balaban J connectivity index is 1.40. The third kappa shape index (κ3) is 4.69. The number of fused-ring (bicyclic) bond motifs is 1. The fraction of sp³-hybridized carbons (Fsp3) is 0.172. The molecule has 38 heavy (non-hydrogen) atoms. The molecule has 0 spiro atoms. The summed E-state index contributed by atoms with van der Waals surface area (Å²) >= 11 is 5.99. The Morgan fingerprint density at radius 2 is 1.74 bits per heavy atom. The van der Waals surface area contributed by atoms with Gasteiger partial charge in [-0.05, 0) is 47.0 Å². The van der Waals surface area contributed by atoms with Crippen LogP contribution in [-0.2, 0) is 10.3 Å². The van der Waals surface area contributed by atoms with Gasteiger partial charge in [-0.15, -0.1) is 0 Å². The summed E-state index contributed by atoms with van der Waals surface area (Å²) in [5, 5.41) is 13.7. The first-order chi connectivity index (χ1) is 18.2. The van der Waals surface area contributed by atoms with Crippen LogP contribution < -0.4 is 5.32 Å². The maximum Gasteiger partial charge on any atom is 0.269 e. The number of hydrogen-bond donors (Lipinski definition) is 1. The van der Waals surface area contributed by atoms with Crippen molar-refractivity contribution in [1.29, 1.82) is 5.26 Å². The van der Waals surface area contributed by atoms with Crippen molar-refractivity contribution < 1.29 is 18.4 Å². The Kier molecular flexibility index (Phi) is 6.55. The summed E-state index contributed by atoms with van der Waals surface area (Å²) in [4.78, 5) is 31.5. The van der Waals surface area contributed by atoms with E-state index in [0.29, 0.717) is 21.5 Å². The maximum absolute atomic E-state index is 14.5. The quantitative estimate of drug-likeness (QED) is 0.365. The predicted molar refractivity (Wildman–Crippen MR) is 140 cm³/mol. The number of carbonyl (C=O) groups is 2. The summed E-state index contributed by atoms with van der Waals surface area (Å²) in [6.07, 6.45) is 0.667. The van der Waals surface area contributed by atoms with Crippen molar-refractivity contribution in [2.24, 2.45) is 0 Å². The minimum absolute atomic E-state index is 0.278. The molecule has 1 saturated heterocycles. The van der Waals surface area contributed by atoms with Crippen molar-refractivity contribution in [2.45, 2.75) is 17.9 Å². The molecular formula is C29H21ClF2N4O2. The molecule has 1 aromatic heterocycles. The molecule has 5 rings (SSSR count). The number of likely N-dealkylation sites (tertiary alicyclic amines) is 1. The number of pyridine rings is 1. The normalized spacial score (nSPS) is 18.2. The number of rotatable bonds is 5. The zero-order chi connectivity index (χ0) is 26.9. The molecule has 3 aromatic carbocycles. The molecule has 2 amide bonds. The van der Waals surface area contributed by atoms with E-state index in [1.54, 1.807) is 48.5 Å². The summed E-state index contributed by atoms with van der Waals surface area (Å²) < 4.78 is 29.0. The number of amides is 2. The Morgan fingerprint density at radius 3 is 2.45 bits per heavy atom. The van der Waals surface area contributed by atoms with Gasteiger partial charge in [0.1, 0.15) is 0 Å². The molecule has 0 saturated carbocycles. The monoisotopic (exact) mass is 530 g/mol. The molecular weight excluding hydrogens is 510 g/mol. The van der Waals surface area contributed by atoms with Gasteiger partial charge in [-0.3, -0.25) is 14.6 Å². The fourth-order valence-electron chi connectivity index (χ4n) is 4.84. The van der Waals surface area contributed by atoms with Crippen LogP contribution in [0.5, 0.6) is 0 Å². The Bertz CT molecular complexity index is 1570. The van der Waals surface area contributed by atoms with E-state index in [9.17, 15) is 23.6 Å². The van der Waals surface area contributed by atoms with Crippen LogP contribution in [0.1, 0.15) is 22.3 Å². The number of carbonyl (C=O) groups excluding carboxylic acids is 2. The van der Waals surface area contributed by atoms with Gasteiger partial charge < -0.3 is 10.2 Å². The topological polar surface area (TPSA) is 86.1 Å². The van der Waals surface area contributed by atoms with Crippen molar-refractivity contribution in [3.05, 3.63) is 101 Å². The molecule has 1 aliphatic heterocycles. The molecule has 1 aliphatic rings. The van der Waals surface area contributed by atoms with Gasteiger partial charge in [-0.2, -0.15) is 5.26 Å². The molecule has 4 aromatic rings. The molecule has 9 heteroatoms. The second kappa shape index (κ2) is 9.84. The van der Waals surface area contributed by atoms with Crippen LogP contribution in [0.2, 0.25) is 5.02 Å². The van der Waals surface area contributed by atoms with Crippen molar-refractivity contribution in [3.63, 3.8) is 0 Å². The average Bonchev–Trinajstić information content (AvgIpc) is 3.23. The largest absolute Gasteiger partial charge is 0.343 e. The summed E-state index contributed by atoms with van der Waals surface area (Å²) in [6.45, 7) is -1.46. The minimum atomic E-state index is -3.25. The number of halogens is 3. The zero-order valence-corrected chi connectivity index (χ0v) is 20.8. The van der Waals surface area contributed by atoms with Crippen LogP contribution >= 0.6 is 11.6 Å². The van der Waals surface area contributed by atoms with E-state index in [1.165, 1.54) is 12.3 Å². The molecule has 0 bridgehead atoms. The molecule has 1 unspecified atom stereocenters. The van der Waals surface area contributed by atoms with Crippen LogP contribution in [0.15, 0.2) is 85.1 Å². The first kappa shape index (κ1) is 25.3. The van der Waals surface area contributed by atoms with E-state index in [2.05, 4.69) is 10.3 Å². The molecule has 2 heterocycles. The molecule has 0 aliphatic carbocycles. The smallest absolute Gasteiger partial charge is 0.269 e. The zero-order valence-electron chi connectivity index (χ0n) is 20.0. The number of hydrogen-bond acceptors (Lipinski definition) is 4. The third-order valence-corrected chi connectivity index (χ3v) is 6.92. The van der Waals surface area contributed by atoms with Gasteiger partial charge in [0.25, 0.3) is 11.8 Å². The lowest BCUT2D eigenvalue weighted by molar-refractivity contribution is -0.133. The number of nitrogens with one attached hydrogen (secondary N) is 1. The van der Waals surface area contributed by atoms with Crippen LogP contribution in [-0.4, -0.2) is 40.7 Å². The summed E-state index contributed by atoms with van der Waals surface area (Å²) in [5.41, 5.74) is 1.06. The van der Waals surface area contributed by atoms with Crippen LogP contribution in [0.3, 0.4) is 0 Å². The average molecular weight is 531 g/mol. The highest BCUT2D eigenvalue weighted by Gasteiger charge is 2.58. The summed E-state index contributed by atoms with van der Waals surface area (Å²) in [5.74, 6) is -4.58. The van der Waals surface area contributed by atoms with Gasteiger partial charge in [0, 0.05) is 16.6 Å². The van der Waals surface area contributed by atoms with Crippen molar-refractivity contribution in [3.8, 4) is 17.2 Å². The van der Waals surface area contributed by atoms with Crippen LogP contribution in [0.25, 0.3) is 22.0 Å². The Hall–Kier alpha value is -4.35. The van der Waals surface area contributed by atoms with Crippen molar-refractivity contribution in [2.75, 3.05) is 13.1 Å². The van der Waals surface area contributed by atoms with Gasteiger partial charge >= 0.3 is 0 Å². The second-order valence-corrected chi connectivity index (χ2v) is 9.57. The van der Waals surface area contributed by atoms with Gasteiger partial charge in [0.15, 0.2) is 5.54 Å². The van der Waals surface area contributed by atoms with Crippen LogP contribution in [0.4, 0.5) is 8.78 Å². The van der Waals surface area contributed by atoms with E-state index in [0.717, 1.165) is 16.0 Å². The summed E-state index contributed by atoms with van der Waals surface area (Å²) in [7, 11) is 0. The highest BCUT2D eigenvalue weighted by molar-refractivity contribution is 6.30. The van der Waals surface area contributed by atoms with Gasteiger partial charge in [0.05, 0.1) is 36.7 Å². The van der Waals surface area contributed by atoms with Gasteiger partial charge in [0.2, 0.25) is 5.91 Å². The molecule has 6 nitrogen and oxygen atoms in total. The van der Waals surface area contributed by atoms with Crippen molar-refractivity contribution in [1.82, 2.24) is 15.2 Å². The lowest BCUT2D eigenvalue weighted by Crippen LogP contribution is -2.48. The Labute approximate surface area is 222 Å². The predicted octanol–water partition coefficient (Wildman–Crippen LogP) is 5.57. The molecule has 1 atom stereocenters. The van der Waals surface area contributed by atoms with Crippen molar-refractivity contribution >= 4 is 34.3 Å². The lowest BCUT2D eigenvalue weighted by Gasteiger charge is -2.32. The molecule has 1 N–H and O–H groups in total. The Morgan fingerprint density at radius 1 is 1.03 bits per heavy atom. The highest BCUT2D eigenvalue weighted by atomic mass is 35.5. The number of nitrogens with zero attached hydrogens (tertiary/aromatic N) is 3. The van der Waals surface area contributed by atoms with E-state index in [-0.39, 0.29) is 5.56 Å². The summed E-state index contributed by atoms with van der Waals surface area (Å²) in [6, 6.07) is 24.3. The number of nitriles is 1. The van der Waals surface area contributed by atoms with E-state index < -0.39 is 42.8 Å². The van der Waals surface area contributed by atoms with Gasteiger partial charge in [-0.1, -0.05) is 60.1 Å². The third-order valence-electron chi connectivity index (χ3n) is 6.67. The molecule has 0 radical (unpaired) electrons. The number of benzene rings is 3. The fourth-order valence-corrected chi connectivity index (χ4v) is 4.97. The maximum atomic E-state index is 14.5. The first-order valence-corrected chi connectivity index (χ1v) is 12.2. The van der Waals surface area contributed by atoms with Gasteiger partial charge in [-0.25, -0.2) is 8.78 Å². The number of aromatic nitrogens is 1. The van der Waals surface area contributed by atoms with Crippen LogP contribution in [0, 0.1) is 11.3 Å². The number of alkyl halides is 2. The minimum Gasteiger partial charge on any atom is -0.343 e. The lowest BCUT2D eigenvalue weighted by atomic mass is 9.88. The van der Waals surface area contributed by atoms with E-state index in [1.807, 2.05) is 30.3 Å². The second-order valence-electron chi connectivity index (χ2n) is 9.13. The SMILES string of the molecule is N#CC1(c2ccccc2)CC(F)(F)CN1C(=O)CNC(=O)c1ccnc2ccc(-c3ccc(Cl)cc3)cc12. The molecule has 190 valence electrons. The highest BCUT2D eigenvalue weighted by Crippen LogP contribution is 2.45. The van der Waals surface area contributed by atoms with E-state index >= 15 is 0 Å².